The smallest absolute Gasteiger partial charge is 0.222 e. The highest BCUT2D eigenvalue weighted by atomic mass is 16.5. The van der Waals surface area contributed by atoms with Gasteiger partial charge >= 0.3 is 0 Å². The first kappa shape index (κ1) is 15.8. The van der Waals surface area contributed by atoms with E-state index >= 15 is 0 Å². The van der Waals surface area contributed by atoms with Crippen LogP contribution in [-0.2, 0) is 4.79 Å². The fourth-order valence-corrected chi connectivity index (χ4v) is 2.83. The third-order valence-corrected chi connectivity index (χ3v) is 4.36. The maximum absolute atomic E-state index is 12.2. The topological polar surface area (TPSA) is 55.6 Å². The second-order valence-corrected chi connectivity index (χ2v) is 5.99. The van der Waals surface area contributed by atoms with Crippen LogP contribution in [0.4, 0.5) is 0 Å². The monoisotopic (exact) mass is 290 g/mol. The first-order valence-corrected chi connectivity index (χ1v) is 7.76. The minimum atomic E-state index is 0.172. The highest BCUT2D eigenvalue weighted by Gasteiger charge is 2.27. The lowest BCUT2D eigenvalue weighted by Crippen LogP contribution is -2.35. The molecule has 0 saturated heterocycles. The van der Waals surface area contributed by atoms with E-state index in [0.29, 0.717) is 25.5 Å². The molecule has 0 spiro atoms. The van der Waals surface area contributed by atoms with Gasteiger partial charge in [0.15, 0.2) is 0 Å². The summed E-state index contributed by atoms with van der Waals surface area (Å²) < 4.78 is 5.73. The summed E-state index contributed by atoms with van der Waals surface area (Å²) in [5.41, 5.74) is 7.14. The normalized spacial score (nSPS) is 21.3. The predicted molar refractivity (Wildman–Crippen MR) is 84.2 cm³/mol. The van der Waals surface area contributed by atoms with Crippen molar-refractivity contribution in [1.29, 1.82) is 0 Å². The fourth-order valence-electron chi connectivity index (χ4n) is 2.83. The van der Waals surface area contributed by atoms with Gasteiger partial charge in [-0.15, -0.1) is 0 Å². The molecule has 0 aromatic heterocycles. The SMILES string of the molecule is Cc1ccccc1OCCN(C)C(=O)C[C@@H]1CCC[C@H]1N. The van der Waals surface area contributed by atoms with Gasteiger partial charge in [0.25, 0.3) is 0 Å². The third-order valence-electron chi connectivity index (χ3n) is 4.36. The van der Waals surface area contributed by atoms with Gasteiger partial charge in [0, 0.05) is 19.5 Å². The van der Waals surface area contributed by atoms with Gasteiger partial charge < -0.3 is 15.4 Å². The van der Waals surface area contributed by atoms with E-state index in [4.69, 9.17) is 10.5 Å². The van der Waals surface area contributed by atoms with Crippen molar-refractivity contribution >= 4 is 5.91 Å². The number of hydrogen-bond acceptors (Lipinski definition) is 3. The molecule has 4 heteroatoms. The van der Waals surface area contributed by atoms with Crippen LogP contribution in [-0.4, -0.2) is 37.0 Å². The number of aryl methyl sites for hydroxylation is 1. The molecule has 0 heterocycles. The van der Waals surface area contributed by atoms with E-state index in [-0.39, 0.29) is 11.9 Å². The molecular weight excluding hydrogens is 264 g/mol. The molecule has 116 valence electrons. The number of likely N-dealkylation sites (N-methyl/N-ethyl adjacent to an activating group) is 1. The van der Waals surface area contributed by atoms with E-state index in [2.05, 4.69) is 0 Å². The van der Waals surface area contributed by atoms with Crippen molar-refractivity contribution in [3.05, 3.63) is 29.8 Å². The Hall–Kier alpha value is -1.55. The van der Waals surface area contributed by atoms with Crippen LogP contribution in [0.2, 0.25) is 0 Å². The molecule has 4 nitrogen and oxygen atoms in total. The number of nitrogens with zero attached hydrogens (tertiary/aromatic N) is 1. The van der Waals surface area contributed by atoms with Gasteiger partial charge in [-0.25, -0.2) is 0 Å². The van der Waals surface area contributed by atoms with Gasteiger partial charge in [0.2, 0.25) is 5.91 Å². The van der Waals surface area contributed by atoms with E-state index in [9.17, 15) is 4.79 Å². The van der Waals surface area contributed by atoms with E-state index in [1.165, 1.54) is 0 Å². The van der Waals surface area contributed by atoms with Crippen LogP contribution < -0.4 is 10.5 Å². The van der Waals surface area contributed by atoms with Crippen molar-refractivity contribution in [3.8, 4) is 5.75 Å². The summed E-state index contributed by atoms with van der Waals surface area (Å²) >= 11 is 0. The van der Waals surface area contributed by atoms with Gasteiger partial charge in [0.1, 0.15) is 12.4 Å². The number of hydrogen-bond donors (Lipinski definition) is 1. The van der Waals surface area contributed by atoms with Gasteiger partial charge in [-0.2, -0.15) is 0 Å². The second-order valence-electron chi connectivity index (χ2n) is 5.99. The van der Waals surface area contributed by atoms with Crippen LogP contribution in [0.1, 0.15) is 31.2 Å². The number of para-hydroxylation sites is 1. The number of amides is 1. The highest BCUT2D eigenvalue weighted by Crippen LogP contribution is 2.27. The summed E-state index contributed by atoms with van der Waals surface area (Å²) in [4.78, 5) is 13.9. The lowest BCUT2D eigenvalue weighted by Gasteiger charge is -2.21. The Kier molecular flexibility index (Phi) is 5.62. The molecule has 1 aliphatic carbocycles. The van der Waals surface area contributed by atoms with E-state index in [1.807, 2.05) is 38.2 Å². The second kappa shape index (κ2) is 7.46. The predicted octanol–water partition coefficient (Wildman–Crippen LogP) is 2.35. The molecule has 1 aromatic carbocycles. The van der Waals surface area contributed by atoms with Gasteiger partial charge in [-0.1, -0.05) is 24.6 Å². The van der Waals surface area contributed by atoms with E-state index < -0.39 is 0 Å². The molecule has 1 aliphatic rings. The van der Waals surface area contributed by atoms with Crippen LogP contribution in [0.25, 0.3) is 0 Å². The Morgan fingerprint density at radius 1 is 1.38 bits per heavy atom. The summed E-state index contributed by atoms with van der Waals surface area (Å²) in [7, 11) is 1.84. The summed E-state index contributed by atoms with van der Waals surface area (Å²) in [5, 5.41) is 0. The summed E-state index contributed by atoms with van der Waals surface area (Å²) in [5.74, 6) is 1.42. The quantitative estimate of drug-likeness (QED) is 0.875. The Labute approximate surface area is 127 Å². The molecule has 0 aliphatic heterocycles. The van der Waals surface area contributed by atoms with E-state index in [0.717, 1.165) is 30.6 Å². The zero-order chi connectivity index (χ0) is 15.2. The molecule has 2 N–H and O–H groups in total. The van der Waals surface area contributed by atoms with Gasteiger partial charge in [-0.3, -0.25) is 4.79 Å². The van der Waals surface area contributed by atoms with Crippen molar-refractivity contribution in [2.45, 2.75) is 38.6 Å². The molecule has 1 fully saturated rings. The molecule has 2 rings (SSSR count). The van der Waals surface area contributed by atoms with Crippen molar-refractivity contribution in [1.82, 2.24) is 4.90 Å². The lowest BCUT2D eigenvalue weighted by molar-refractivity contribution is -0.131. The number of ether oxygens (including phenoxy) is 1. The van der Waals surface area contributed by atoms with Crippen molar-refractivity contribution in [2.24, 2.45) is 11.7 Å². The zero-order valence-corrected chi connectivity index (χ0v) is 13.0. The molecule has 0 unspecified atom stereocenters. The highest BCUT2D eigenvalue weighted by molar-refractivity contribution is 5.76. The lowest BCUT2D eigenvalue weighted by atomic mass is 9.99. The molecule has 1 amide bonds. The summed E-state index contributed by atoms with van der Waals surface area (Å²) in [6.45, 7) is 3.14. The van der Waals surface area contributed by atoms with Gasteiger partial charge in [0.05, 0.1) is 6.54 Å². The molecule has 0 bridgehead atoms. The largest absolute Gasteiger partial charge is 0.491 e. The average molecular weight is 290 g/mol. The zero-order valence-electron chi connectivity index (χ0n) is 13.0. The molecule has 0 radical (unpaired) electrons. The Morgan fingerprint density at radius 2 is 2.14 bits per heavy atom. The molecular formula is C17H26N2O2. The van der Waals surface area contributed by atoms with E-state index in [1.54, 1.807) is 4.90 Å². The molecule has 2 atom stereocenters. The third kappa shape index (κ3) is 4.46. The van der Waals surface area contributed by atoms with Crippen LogP contribution >= 0.6 is 0 Å². The number of benzene rings is 1. The van der Waals surface area contributed by atoms with Crippen molar-refractivity contribution in [3.63, 3.8) is 0 Å². The molecule has 21 heavy (non-hydrogen) atoms. The number of rotatable bonds is 6. The summed E-state index contributed by atoms with van der Waals surface area (Å²) in [6, 6.07) is 8.12. The van der Waals surface area contributed by atoms with Crippen LogP contribution in [0.3, 0.4) is 0 Å². The Bertz CT molecular complexity index is 476. The Morgan fingerprint density at radius 3 is 2.81 bits per heavy atom. The van der Waals surface area contributed by atoms with Crippen molar-refractivity contribution in [2.75, 3.05) is 20.2 Å². The maximum Gasteiger partial charge on any atom is 0.222 e. The summed E-state index contributed by atoms with van der Waals surface area (Å²) in [6.07, 6.45) is 3.86. The van der Waals surface area contributed by atoms with Gasteiger partial charge in [-0.05, 0) is 37.3 Å². The maximum atomic E-state index is 12.2. The minimum absolute atomic E-state index is 0.172. The average Bonchev–Trinajstić information content (AvgIpc) is 2.86. The number of nitrogens with two attached hydrogens (primary N) is 1. The Balaban J connectivity index is 1.72. The first-order valence-electron chi connectivity index (χ1n) is 7.76. The fraction of sp³-hybridized carbons (Fsp3) is 0.588. The van der Waals surface area contributed by atoms with Crippen LogP contribution in [0, 0.1) is 12.8 Å². The standard InChI is InChI=1S/C17H26N2O2/c1-13-6-3-4-9-16(13)21-11-10-19(2)17(20)12-14-7-5-8-15(14)18/h3-4,6,9,14-15H,5,7-8,10-12,18H2,1-2H3/t14-,15+/m0/s1. The first-order chi connectivity index (χ1) is 10.1. The van der Waals surface area contributed by atoms with Crippen LogP contribution in [0.15, 0.2) is 24.3 Å². The number of carbonyl (C=O) groups is 1. The minimum Gasteiger partial charge on any atom is -0.491 e. The molecule has 1 aromatic rings. The molecule has 1 saturated carbocycles. The van der Waals surface area contributed by atoms with Crippen LogP contribution in [0.5, 0.6) is 5.75 Å². The number of carbonyl (C=O) groups excluding carboxylic acids is 1. The van der Waals surface area contributed by atoms with Crippen molar-refractivity contribution < 1.29 is 9.53 Å².